The van der Waals surface area contributed by atoms with Crippen molar-refractivity contribution in [2.45, 2.75) is 25.8 Å². The fraction of sp³-hybridized carbons (Fsp3) is 0.353. The molecule has 4 heteroatoms. The summed E-state index contributed by atoms with van der Waals surface area (Å²) in [4.78, 5) is 12.5. The second-order valence-electron chi connectivity index (χ2n) is 5.26. The van der Waals surface area contributed by atoms with Gasteiger partial charge in [0, 0.05) is 6.42 Å². The summed E-state index contributed by atoms with van der Waals surface area (Å²) in [5.74, 6) is 0.0374. The molecule has 21 heavy (non-hydrogen) atoms. The van der Waals surface area contributed by atoms with Crippen molar-refractivity contribution in [3.63, 3.8) is 0 Å². The summed E-state index contributed by atoms with van der Waals surface area (Å²) in [6.07, 6.45) is 2.27. The second-order valence-corrected chi connectivity index (χ2v) is 6.21. The van der Waals surface area contributed by atoms with Gasteiger partial charge in [0.1, 0.15) is 0 Å². The Labute approximate surface area is 130 Å². The predicted octanol–water partition coefficient (Wildman–Crippen LogP) is 2.06. The Hall–Kier alpha value is -1.65. The number of thiophene rings is 1. The largest absolute Gasteiger partial charge is 0.346 e. The number of nitrogens with one attached hydrogen (secondary N) is 1. The van der Waals surface area contributed by atoms with Crippen LogP contribution in [0.4, 0.5) is 0 Å². The highest BCUT2D eigenvalue weighted by Crippen LogP contribution is 2.07. The Morgan fingerprint density at radius 3 is 2.76 bits per heavy atom. The number of benzene rings is 1. The van der Waals surface area contributed by atoms with Gasteiger partial charge in [0.2, 0.25) is 0 Å². The fourth-order valence-corrected chi connectivity index (χ4v) is 2.85. The van der Waals surface area contributed by atoms with Crippen molar-refractivity contribution in [3.05, 3.63) is 58.3 Å². The zero-order valence-electron chi connectivity index (χ0n) is 12.4. The molecule has 112 valence electrons. The minimum absolute atomic E-state index is 0.0374. The number of nitrogens with two attached hydrogens (primary N) is 1. The first-order chi connectivity index (χ1) is 10.3. The van der Waals surface area contributed by atoms with E-state index in [1.165, 1.54) is 16.9 Å². The Morgan fingerprint density at radius 2 is 2.05 bits per heavy atom. The average molecular weight is 303 g/mol. The quantitative estimate of drug-likeness (QED) is 0.721. The molecule has 1 amide bonds. The van der Waals surface area contributed by atoms with Crippen LogP contribution in [-0.4, -0.2) is 25.0 Å². The maximum atomic E-state index is 11.7. The van der Waals surface area contributed by atoms with Crippen molar-refractivity contribution < 1.29 is 10.1 Å². The van der Waals surface area contributed by atoms with Crippen LogP contribution in [0.1, 0.15) is 28.6 Å². The number of hydrogen-bond donors (Lipinski definition) is 2. The molecule has 2 rings (SSSR count). The van der Waals surface area contributed by atoms with Crippen LogP contribution in [0.25, 0.3) is 0 Å². The summed E-state index contributed by atoms with van der Waals surface area (Å²) in [6, 6.07) is 14.9. The molecule has 3 nitrogen and oxygen atoms in total. The van der Waals surface area contributed by atoms with Gasteiger partial charge in [-0.15, -0.1) is 11.3 Å². The van der Waals surface area contributed by atoms with Crippen molar-refractivity contribution in [1.29, 1.82) is 0 Å². The Bertz CT molecular complexity index is 525. The van der Waals surface area contributed by atoms with Gasteiger partial charge in [-0.25, -0.2) is 0 Å². The molecule has 0 unspecified atom stereocenters. The van der Waals surface area contributed by atoms with Gasteiger partial charge in [0.15, 0.2) is 0 Å². The van der Waals surface area contributed by atoms with E-state index >= 15 is 0 Å². The minimum Gasteiger partial charge on any atom is -0.346 e. The topological polar surface area (TPSA) is 45.7 Å². The minimum atomic E-state index is 0.0374. The highest BCUT2D eigenvalue weighted by molar-refractivity contribution is 7.12. The predicted molar refractivity (Wildman–Crippen MR) is 87.7 cm³/mol. The van der Waals surface area contributed by atoms with Crippen LogP contribution in [-0.2, 0) is 6.42 Å². The van der Waals surface area contributed by atoms with Crippen molar-refractivity contribution in [2.75, 3.05) is 13.1 Å². The zero-order valence-corrected chi connectivity index (χ0v) is 13.2. The van der Waals surface area contributed by atoms with Gasteiger partial charge in [0.05, 0.1) is 24.0 Å². The van der Waals surface area contributed by atoms with Crippen LogP contribution in [0.15, 0.2) is 47.8 Å². The van der Waals surface area contributed by atoms with E-state index in [4.69, 9.17) is 0 Å². The van der Waals surface area contributed by atoms with E-state index in [2.05, 4.69) is 47.9 Å². The lowest BCUT2D eigenvalue weighted by Gasteiger charge is -2.11. The summed E-state index contributed by atoms with van der Waals surface area (Å²) in [5.41, 5.74) is 1.39. The number of quaternary nitrogens is 1. The highest BCUT2D eigenvalue weighted by Gasteiger charge is 2.07. The van der Waals surface area contributed by atoms with Gasteiger partial charge < -0.3 is 10.6 Å². The molecule has 1 heterocycles. The normalized spacial score (nSPS) is 12.0. The van der Waals surface area contributed by atoms with Gasteiger partial charge in [-0.2, -0.15) is 0 Å². The first-order valence-corrected chi connectivity index (χ1v) is 8.32. The van der Waals surface area contributed by atoms with E-state index in [9.17, 15) is 4.79 Å². The SMILES string of the molecule is C[C@@H](CCc1ccccc1)[NH2+]CCNC(=O)c1cccs1. The van der Waals surface area contributed by atoms with Crippen LogP contribution in [0, 0.1) is 0 Å². The molecule has 1 atom stereocenters. The third-order valence-electron chi connectivity index (χ3n) is 3.48. The summed E-state index contributed by atoms with van der Waals surface area (Å²) in [7, 11) is 0. The van der Waals surface area contributed by atoms with Gasteiger partial charge in [0.25, 0.3) is 5.91 Å². The Morgan fingerprint density at radius 1 is 1.24 bits per heavy atom. The molecule has 0 spiro atoms. The van der Waals surface area contributed by atoms with Crippen LogP contribution in [0.3, 0.4) is 0 Å². The number of hydrogen-bond acceptors (Lipinski definition) is 2. The molecule has 0 saturated heterocycles. The summed E-state index contributed by atoms with van der Waals surface area (Å²) >= 11 is 1.48. The monoisotopic (exact) mass is 303 g/mol. The molecule has 0 fully saturated rings. The van der Waals surface area contributed by atoms with Crippen LogP contribution in [0.5, 0.6) is 0 Å². The third kappa shape index (κ3) is 5.69. The molecular weight excluding hydrogens is 280 g/mol. The summed E-state index contributed by atoms with van der Waals surface area (Å²) < 4.78 is 0. The van der Waals surface area contributed by atoms with Gasteiger partial charge in [-0.05, 0) is 30.4 Å². The lowest BCUT2D eigenvalue weighted by Crippen LogP contribution is -2.90. The van der Waals surface area contributed by atoms with E-state index in [0.717, 1.165) is 24.3 Å². The number of carbonyl (C=O) groups excluding carboxylic acids is 1. The van der Waals surface area contributed by atoms with E-state index in [1.807, 2.05) is 17.5 Å². The van der Waals surface area contributed by atoms with Crippen molar-refractivity contribution in [1.82, 2.24) is 5.32 Å². The Kier molecular flexibility index (Phi) is 6.44. The van der Waals surface area contributed by atoms with Gasteiger partial charge >= 0.3 is 0 Å². The van der Waals surface area contributed by atoms with E-state index in [1.54, 1.807) is 0 Å². The molecule has 0 bridgehead atoms. The molecule has 0 aliphatic rings. The molecular formula is C17H23N2OS+. The number of aryl methyl sites for hydroxylation is 1. The average Bonchev–Trinajstić information content (AvgIpc) is 3.05. The molecule has 2 aromatic rings. The third-order valence-corrected chi connectivity index (χ3v) is 4.34. The fourth-order valence-electron chi connectivity index (χ4n) is 2.21. The summed E-state index contributed by atoms with van der Waals surface area (Å²) in [5, 5.41) is 7.18. The maximum absolute atomic E-state index is 11.7. The van der Waals surface area contributed by atoms with E-state index < -0.39 is 0 Å². The standard InChI is InChI=1S/C17H22N2OS/c1-14(9-10-15-6-3-2-4-7-15)18-11-12-19-17(20)16-8-5-13-21-16/h2-8,13-14,18H,9-12H2,1H3,(H,19,20)/p+1/t14-/m0/s1. The molecule has 0 aliphatic carbocycles. The van der Waals surface area contributed by atoms with E-state index in [0.29, 0.717) is 12.6 Å². The first-order valence-electron chi connectivity index (χ1n) is 7.44. The van der Waals surface area contributed by atoms with Gasteiger partial charge in [-0.3, -0.25) is 4.79 Å². The van der Waals surface area contributed by atoms with Crippen molar-refractivity contribution >= 4 is 17.2 Å². The highest BCUT2D eigenvalue weighted by atomic mass is 32.1. The number of amides is 1. The lowest BCUT2D eigenvalue weighted by atomic mass is 10.1. The molecule has 3 N–H and O–H groups in total. The van der Waals surface area contributed by atoms with Crippen LogP contribution < -0.4 is 10.6 Å². The second kappa shape index (κ2) is 8.60. The Balaban J connectivity index is 1.57. The molecule has 0 saturated carbocycles. The van der Waals surface area contributed by atoms with Crippen molar-refractivity contribution in [2.24, 2.45) is 0 Å². The lowest BCUT2D eigenvalue weighted by molar-refractivity contribution is -0.684. The number of rotatable bonds is 8. The number of carbonyl (C=O) groups is 1. The molecule has 1 aromatic heterocycles. The summed E-state index contributed by atoms with van der Waals surface area (Å²) in [6.45, 7) is 3.88. The smallest absolute Gasteiger partial charge is 0.261 e. The van der Waals surface area contributed by atoms with Crippen LogP contribution >= 0.6 is 11.3 Å². The zero-order chi connectivity index (χ0) is 14.9. The molecule has 1 aromatic carbocycles. The van der Waals surface area contributed by atoms with Gasteiger partial charge in [-0.1, -0.05) is 36.4 Å². The molecule has 0 radical (unpaired) electrons. The van der Waals surface area contributed by atoms with Crippen LogP contribution in [0.2, 0.25) is 0 Å². The van der Waals surface area contributed by atoms with E-state index in [-0.39, 0.29) is 5.91 Å². The maximum Gasteiger partial charge on any atom is 0.261 e. The molecule has 0 aliphatic heterocycles. The van der Waals surface area contributed by atoms with Crippen molar-refractivity contribution in [3.8, 4) is 0 Å². The first kappa shape index (κ1) is 15.7.